The molecule has 0 saturated carbocycles. The predicted molar refractivity (Wildman–Crippen MR) is 103 cm³/mol. The van der Waals surface area contributed by atoms with Crippen LogP contribution in [0.3, 0.4) is 0 Å². The van der Waals surface area contributed by atoms with Gasteiger partial charge in [0.2, 0.25) is 0 Å². The van der Waals surface area contributed by atoms with E-state index in [-0.39, 0.29) is 16.9 Å². The minimum Gasteiger partial charge on any atom is -0.322 e. The molecule has 0 saturated heterocycles. The highest BCUT2D eigenvalue weighted by molar-refractivity contribution is 6.07. The first-order chi connectivity index (χ1) is 13.7. The summed E-state index contributed by atoms with van der Waals surface area (Å²) in [4.78, 5) is 28.7. The Morgan fingerprint density at radius 2 is 1.52 bits per heavy atom. The Morgan fingerprint density at radius 1 is 0.862 bits per heavy atom. The zero-order chi connectivity index (χ0) is 21.0. The van der Waals surface area contributed by atoms with Crippen LogP contribution in [0.25, 0.3) is 0 Å². The van der Waals surface area contributed by atoms with Crippen molar-refractivity contribution in [1.29, 1.82) is 0 Å². The van der Waals surface area contributed by atoms with Crippen molar-refractivity contribution in [2.75, 3.05) is 10.6 Å². The Labute approximate surface area is 164 Å². The normalized spacial score (nSPS) is 11.0. The van der Waals surface area contributed by atoms with E-state index in [0.717, 1.165) is 17.7 Å². The summed E-state index contributed by atoms with van der Waals surface area (Å²) in [6, 6.07) is 14.2. The smallest absolute Gasteiger partial charge is 0.322 e. The van der Waals surface area contributed by atoms with Crippen molar-refractivity contribution in [2.24, 2.45) is 0 Å². The van der Waals surface area contributed by atoms with Crippen molar-refractivity contribution in [2.45, 2.75) is 13.1 Å². The summed E-state index contributed by atoms with van der Waals surface area (Å²) in [5.74, 6) is -1.17. The second-order valence-electron chi connectivity index (χ2n) is 6.29. The molecule has 2 aromatic carbocycles. The zero-order valence-corrected chi connectivity index (χ0v) is 15.2. The van der Waals surface area contributed by atoms with E-state index in [1.807, 2.05) is 13.0 Å². The van der Waals surface area contributed by atoms with Gasteiger partial charge in [-0.2, -0.15) is 13.2 Å². The van der Waals surface area contributed by atoms with E-state index in [9.17, 15) is 22.8 Å². The molecule has 0 spiro atoms. The zero-order valence-electron chi connectivity index (χ0n) is 15.2. The highest BCUT2D eigenvalue weighted by Gasteiger charge is 2.30. The van der Waals surface area contributed by atoms with Crippen molar-refractivity contribution in [3.63, 3.8) is 0 Å². The number of hydrogen-bond donors (Lipinski definition) is 2. The first-order valence-corrected chi connectivity index (χ1v) is 8.55. The minimum absolute atomic E-state index is 0.0266. The van der Waals surface area contributed by atoms with Crippen LogP contribution in [0.1, 0.15) is 32.0 Å². The van der Waals surface area contributed by atoms with Crippen molar-refractivity contribution in [3.05, 3.63) is 89.2 Å². The first-order valence-electron chi connectivity index (χ1n) is 8.55. The average molecular weight is 399 g/mol. The van der Waals surface area contributed by atoms with Gasteiger partial charge in [-0.3, -0.25) is 14.6 Å². The van der Waals surface area contributed by atoms with Gasteiger partial charge in [-0.15, -0.1) is 0 Å². The molecular formula is C21H16F3N3O2. The van der Waals surface area contributed by atoms with Crippen LogP contribution in [0.5, 0.6) is 0 Å². The van der Waals surface area contributed by atoms with Crippen molar-refractivity contribution in [3.8, 4) is 0 Å². The second kappa shape index (κ2) is 8.14. The van der Waals surface area contributed by atoms with E-state index in [1.54, 1.807) is 18.2 Å². The third-order valence-corrected chi connectivity index (χ3v) is 3.98. The van der Waals surface area contributed by atoms with Crippen LogP contribution < -0.4 is 10.6 Å². The summed E-state index contributed by atoms with van der Waals surface area (Å²) in [5, 5.41) is 5.08. The molecule has 0 atom stereocenters. The van der Waals surface area contributed by atoms with Gasteiger partial charge >= 0.3 is 6.18 Å². The number of nitrogens with zero attached hydrogens (tertiary/aromatic N) is 1. The largest absolute Gasteiger partial charge is 0.416 e. The molecule has 2 amide bonds. The first kappa shape index (κ1) is 20.1. The number of halogens is 3. The number of pyridine rings is 1. The number of alkyl halides is 3. The third kappa shape index (κ3) is 5.19. The summed E-state index contributed by atoms with van der Waals surface area (Å²) in [5.41, 5.74) is 0.756. The van der Waals surface area contributed by atoms with Gasteiger partial charge in [0, 0.05) is 23.1 Å². The van der Waals surface area contributed by atoms with E-state index in [1.165, 1.54) is 30.5 Å². The van der Waals surface area contributed by atoms with Gasteiger partial charge in [-0.25, -0.2) is 0 Å². The van der Waals surface area contributed by atoms with Crippen molar-refractivity contribution >= 4 is 23.2 Å². The molecule has 29 heavy (non-hydrogen) atoms. The molecule has 0 aliphatic carbocycles. The SMILES string of the molecule is Cc1cccc(NC(=O)c2ccnc(C(=O)Nc3cccc(C(F)(F)F)c3)c2)c1. The van der Waals surface area contributed by atoms with Crippen LogP contribution in [-0.4, -0.2) is 16.8 Å². The summed E-state index contributed by atoms with van der Waals surface area (Å²) in [6.45, 7) is 1.89. The number of rotatable bonds is 4. The maximum absolute atomic E-state index is 12.8. The predicted octanol–water partition coefficient (Wildman–Crippen LogP) is 4.91. The second-order valence-corrected chi connectivity index (χ2v) is 6.29. The van der Waals surface area contributed by atoms with E-state index in [2.05, 4.69) is 15.6 Å². The topological polar surface area (TPSA) is 71.1 Å². The Bertz CT molecular complexity index is 1060. The quantitative estimate of drug-likeness (QED) is 0.655. The van der Waals surface area contributed by atoms with Gasteiger partial charge < -0.3 is 10.6 Å². The lowest BCUT2D eigenvalue weighted by Gasteiger charge is -2.10. The van der Waals surface area contributed by atoms with Gasteiger partial charge in [-0.05, 0) is 55.0 Å². The summed E-state index contributed by atoms with van der Waals surface area (Å²) in [7, 11) is 0. The van der Waals surface area contributed by atoms with Crippen molar-refractivity contribution in [1.82, 2.24) is 4.98 Å². The Balaban J connectivity index is 1.75. The molecular weight excluding hydrogens is 383 g/mol. The molecule has 1 heterocycles. The lowest BCUT2D eigenvalue weighted by Crippen LogP contribution is -2.17. The van der Waals surface area contributed by atoms with Crippen LogP contribution in [0.4, 0.5) is 24.5 Å². The number of anilines is 2. The Hall–Kier alpha value is -3.68. The number of benzene rings is 2. The molecule has 0 bridgehead atoms. The Morgan fingerprint density at radius 3 is 2.21 bits per heavy atom. The fourth-order valence-corrected chi connectivity index (χ4v) is 2.59. The number of hydrogen-bond acceptors (Lipinski definition) is 3. The minimum atomic E-state index is -4.52. The molecule has 148 valence electrons. The average Bonchev–Trinajstić information content (AvgIpc) is 2.67. The van der Waals surface area contributed by atoms with Crippen LogP contribution in [0, 0.1) is 6.92 Å². The van der Waals surface area contributed by atoms with E-state index < -0.39 is 23.6 Å². The van der Waals surface area contributed by atoms with Gasteiger partial charge in [-0.1, -0.05) is 18.2 Å². The number of aromatic nitrogens is 1. The maximum Gasteiger partial charge on any atom is 0.416 e. The molecule has 0 radical (unpaired) electrons. The highest BCUT2D eigenvalue weighted by atomic mass is 19.4. The standard InChI is InChI=1S/C21H16F3N3O2/c1-13-4-2-6-16(10-13)26-19(28)14-8-9-25-18(11-14)20(29)27-17-7-3-5-15(12-17)21(22,23)24/h2-12H,1H3,(H,26,28)(H,27,29). The fourth-order valence-electron chi connectivity index (χ4n) is 2.59. The molecule has 0 aliphatic heterocycles. The summed E-state index contributed by atoms with van der Waals surface area (Å²) >= 11 is 0. The van der Waals surface area contributed by atoms with E-state index >= 15 is 0 Å². The van der Waals surface area contributed by atoms with Gasteiger partial charge in [0.05, 0.1) is 5.56 Å². The van der Waals surface area contributed by atoms with E-state index in [0.29, 0.717) is 5.69 Å². The van der Waals surface area contributed by atoms with Gasteiger partial charge in [0.25, 0.3) is 11.8 Å². The molecule has 3 aromatic rings. The highest BCUT2D eigenvalue weighted by Crippen LogP contribution is 2.30. The number of amides is 2. The molecule has 2 N–H and O–H groups in total. The fraction of sp³-hybridized carbons (Fsp3) is 0.0952. The van der Waals surface area contributed by atoms with Gasteiger partial charge in [0.1, 0.15) is 5.69 Å². The maximum atomic E-state index is 12.8. The van der Waals surface area contributed by atoms with E-state index in [4.69, 9.17) is 0 Å². The summed E-state index contributed by atoms with van der Waals surface area (Å²) < 4.78 is 38.4. The molecule has 0 unspecified atom stereocenters. The van der Waals surface area contributed by atoms with Crippen LogP contribution in [-0.2, 0) is 6.18 Å². The lowest BCUT2D eigenvalue weighted by atomic mass is 10.1. The lowest BCUT2D eigenvalue weighted by molar-refractivity contribution is -0.137. The van der Waals surface area contributed by atoms with Crippen LogP contribution >= 0.6 is 0 Å². The van der Waals surface area contributed by atoms with Crippen LogP contribution in [0.2, 0.25) is 0 Å². The monoisotopic (exact) mass is 399 g/mol. The molecule has 1 aromatic heterocycles. The Kier molecular flexibility index (Phi) is 5.63. The third-order valence-electron chi connectivity index (χ3n) is 3.98. The molecule has 5 nitrogen and oxygen atoms in total. The number of carbonyl (C=O) groups is 2. The van der Waals surface area contributed by atoms with Crippen molar-refractivity contribution < 1.29 is 22.8 Å². The van der Waals surface area contributed by atoms with Gasteiger partial charge in [0.15, 0.2) is 0 Å². The molecule has 0 aliphatic rings. The molecule has 8 heteroatoms. The summed E-state index contributed by atoms with van der Waals surface area (Å²) in [6.07, 6.45) is -3.24. The molecule has 3 rings (SSSR count). The van der Waals surface area contributed by atoms with Crippen LogP contribution in [0.15, 0.2) is 66.9 Å². The number of nitrogens with one attached hydrogen (secondary N) is 2. The number of carbonyl (C=O) groups excluding carboxylic acids is 2. The number of aryl methyl sites for hydroxylation is 1. The molecule has 0 fully saturated rings.